The van der Waals surface area contributed by atoms with Gasteiger partial charge in [-0.1, -0.05) is 24.3 Å². The van der Waals surface area contributed by atoms with Gasteiger partial charge in [-0.15, -0.1) is 0 Å². The first-order valence-electron chi connectivity index (χ1n) is 9.30. The van der Waals surface area contributed by atoms with Crippen LogP contribution in [0.5, 0.6) is 0 Å². The predicted molar refractivity (Wildman–Crippen MR) is 117 cm³/mol. The maximum absolute atomic E-state index is 12.7. The molecule has 3 rings (SSSR count). The van der Waals surface area contributed by atoms with Gasteiger partial charge in [-0.2, -0.15) is 0 Å². The molecule has 0 spiro atoms. The summed E-state index contributed by atoms with van der Waals surface area (Å²) in [5.41, 5.74) is -0.284. The van der Waals surface area contributed by atoms with E-state index in [-0.39, 0.29) is 34.3 Å². The molecule has 0 bridgehead atoms. The Balaban J connectivity index is 1.84. The van der Waals surface area contributed by atoms with Crippen LogP contribution in [0.1, 0.15) is 25.0 Å². The maximum atomic E-state index is 12.7. The molecule has 0 aliphatic rings. The van der Waals surface area contributed by atoms with Gasteiger partial charge in [0.05, 0.1) is 21.7 Å². The molecular weight excluding hydrogens is 444 g/mol. The van der Waals surface area contributed by atoms with Crippen molar-refractivity contribution in [2.75, 3.05) is 0 Å². The van der Waals surface area contributed by atoms with Crippen molar-refractivity contribution in [1.29, 1.82) is 0 Å². The summed E-state index contributed by atoms with van der Waals surface area (Å²) < 4.78 is 54.9. The van der Waals surface area contributed by atoms with E-state index in [0.717, 1.165) is 0 Å². The zero-order valence-electron chi connectivity index (χ0n) is 16.8. The highest BCUT2D eigenvalue weighted by Crippen LogP contribution is 2.17. The zero-order chi connectivity index (χ0) is 22.8. The van der Waals surface area contributed by atoms with Gasteiger partial charge in [0, 0.05) is 12.6 Å². The van der Waals surface area contributed by atoms with E-state index in [4.69, 9.17) is 0 Å². The van der Waals surface area contributed by atoms with E-state index >= 15 is 0 Å². The third kappa shape index (κ3) is 5.67. The molecule has 2 aromatic carbocycles. The minimum atomic E-state index is -3.98. The van der Waals surface area contributed by atoms with Crippen molar-refractivity contribution >= 4 is 31.1 Å². The first-order valence-corrected chi connectivity index (χ1v) is 12.4. The van der Waals surface area contributed by atoms with Crippen LogP contribution in [0.2, 0.25) is 0 Å². The topological polar surface area (TPSA) is 158 Å². The quantitative estimate of drug-likeness (QED) is 0.354. The molecule has 12 heteroatoms. The van der Waals surface area contributed by atoms with Crippen LogP contribution in [0, 0.1) is 0 Å². The summed E-state index contributed by atoms with van der Waals surface area (Å²) >= 11 is 0. The van der Waals surface area contributed by atoms with Crippen LogP contribution in [-0.4, -0.2) is 32.8 Å². The summed E-state index contributed by atoms with van der Waals surface area (Å²) in [5.74, 6) is -0.284. The Kier molecular flexibility index (Phi) is 6.46. The van der Waals surface area contributed by atoms with E-state index in [9.17, 15) is 26.4 Å². The van der Waals surface area contributed by atoms with Gasteiger partial charge < -0.3 is 9.97 Å². The number of H-pyrrole nitrogens is 2. The largest absolute Gasteiger partial charge is 0.316 e. The third-order valence-corrected chi connectivity index (χ3v) is 7.26. The van der Waals surface area contributed by atoms with Gasteiger partial charge in [0.2, 0.25) is 20.0 Å². The van der Waals surface area contributed by atoms with E-state index < -0.39 is 31.2 Å². The molecule has 0 saturated heterocycles. The molecule has 0 fully saturated rings. The second-order valence-corrected chi connectivity index (χ2v) is 10.8. The molecule has 0 radical (unpaired) electrons. The standard InChI is InChI=1S/C19H22N4O6S2/c1-12(2)23-30(26,27)11-14-6-4-3-5-13(14)10-20-31(28,29)15-7-8-16-17(9-15)22-19(25)18(24)21-16/h3-9,12,20,23H,10-11H2,1-2H3,(H,21,24)(H,22,25). The normalized spacial score (nSPS) is 12.5. The van der Waals surface area contributed by atoms with Crippen molar-refractivity contribution in [3.05, 3.63) is 74.3 Å². The second-order valence-electron chi connectivity index (χ2n) is 7.24. The molecule has 3 aromatic rings. The smallest absolute Gasteiger partial charge is 0.314 e. The Morgan fingerprint density at radius 1 is 0.871 bits per heavy atom. The number of fused-ring (bicyclic) bond motifs is 1. The molecule has 0 atom stereocenters. The molecule has 0 amide bonds. The van der Waals surface area contributed by atoms with Gasteiger partial charge in [0.15, 0.2) is 0 Å². The molecule has 1 heterocycles. The monoisotopic (exact) mass is 466 g/mol. The first-order chi connectivity index (χ1) is 14.5. The maximum Gasteiger partial charge on any atom is 0.314 e. The number of aromatic nitrogens is 2. The molecule has 10 nitrogen and oxygen atoms in total. The summed E-state index contributed by atoms with van der Waals surface area (Å²) in [6.45, 7) is 3.30. The number of rotatable bonds is 8. The minimum Gasteiger partial charge on any atom is -0.316 e. The van der Waals surface area contributed by atoms with Crippen LogP contribution >= 0.6 is 0 Å². The van der Waals surface area contributed by atoms with E-state index in [0.29, 0.717) is 11.1 Å². The number of sulfonamides is 2. The highest BCUT2D eigenvalue weighted by Gasteiger charge is 2.18. The fourth-order valence-electron chi connectivity index (χ4n) is 2.99. The molecule has 4 N–H and O–H groups in total. The fourth-order valence-corrected chi connectivity index (χ4v) is 5.52. The molecule has 0 saturated carbocycles. The van der Waals surface area contributed by atoms with Crippen LogP contribution in [-0.2, 0) is 32.3 Å². The molecule has 31 heavy (non-hydrogen) atoms. The van der Waals surface area contributed by atoms with E-state index in [1.54, 1.807) is 38.1 Å². The van der Waals surface area contributed by atoms with Crippen molar-refractivity contribution in [3.8, 4) is 0 Å². The summed E-state index contributed by atoms with van der Waals surface area (Å²) in [7, 11) is -7.57. The lowest BCUT2D eigenvalue weighted by Crippen LogP contribution is -2.32. The lowest BCUT2D eigenvalue weighted by Gasteiger charge is -2.13. The Morgan fingerprint density at radius 3 is 2.13 bits per heavy atom. The Bertz CT molecular complexity index is 1440. The number of benzene rings is 2. The SMILES string of the molecule is CC(C)NS(=O)(=O)Cc1ccccc1CNS(=O)(=O)c1ccc2[nH]c(=O)c(=O)[nH]c2c1. The van der Waals surface area contributed by atoms with E-state index in [2.05, 4.69) is 19.4 Å². The van der Waals surface area contributed by atoms with Crippen molar-refractivity contribution in [2.45, 2.75) is 37.1 Å². The Labute approximate surface area is 178 Å². The summed E-state index contributed by atoms with van der Waals surface area (Å²) in [5, 5.41) is 0. The molecule has 1 aromatic heterocycles. The minimum absolute atomic E-state index is 0.116. The molecule has 0 aliphatic carbocycles. The highest BCUT2D eigenvalue weighted by molar-refractivity contribution is 7.89. The van der Waals surface area contributed by atoms with Gasteiger partial charge in [0.25, 0.3) is 0 Å². The third-order valence-electron chi connectivity index (χ3n) is 4.34. The van der Waals surface area contributed by atoms with Gasteiger partial charge in [0.1, 0.15) is 0 Å². The lowest BCUT2D eigenvalue weighted by atomic mass is 10.1. The van der Waals surface area contributed by atoms with E-state index in [1.165, 1.54) is 18.2 Å². The molecule has 0 aliphatic heterocycles. The first kappa shape index (κ1) is 22.9. The summed E-state index contributed by atoms with van der Waals surface area (Å²) in [6, 6.07) is 10.3. The van der Waals surface area contributed by atoms with Crippen LogP contribution < -0.4 is 20.6 Å². The molecular formula is C19H22N4O6S2. The van der Waals surface area contributed by atoms with E-state index in [1.807, 2.05) is 0 Å². The Morgan fingerprint density at radius 2 is 1.48 bits per heavy atom. The van der Waals surface area contributed by atoms with Crippen LogP contribution in [0.4, 0.5) is 0 Å². The fraction of sp³-hybridized carbons (Fsp3) is 0.263. The van der Waals surface area contributed by atoms with Crippen molar-refractivity contribution in [3.63, 3.8) is 0 Å². The molecule has 166 valence electrons. The van der Waals surface area contributed by atoms with Crippen LogP contribution in [0.25, 0.3) is 11.0 Å². The van der Waals surface area contributed by atoms with Gasteiger partial charge in [-0.25, -0.2) is 26.3 Å². The average molecular weight is 467 g/mol. The highest BCUT2D eigenvalue weighted by atomic mass is 32.2. The van der Waals surface area contributed by atoms with Gasteiger partial charge in [-0.3, -0.25) is 9.59 Å². The predicted octanol–water partition coefficient (Wildman–Crippen LogP) is 0.523. The molecule has 0 unspecified atom stereocenters. The number of aromatic amines is 2. The Hall–Kier alpha value is -2.80. The van der Waals surface area contributed by atoms with Crippen molar-refractivity contribution in [1.82, 2.24) is 19.4 Å². The van der Waals surface area contributed by atoms with Gasteiger partial charge >= 0.3 is 11.1 Å². The van der Waals surface area contributed by atoms with Crippen LogP contribution in [0.15, 0.2) is 56.9 Å². The summed E-state index contributed by atoms with van der Waals surface area (Å²) in [6.07, 6.45) is 0. The number of hydrogen-bond acceptors (Lipinski definition) is 6. The zero-order valence-corrected chi connectivity index (χ0v) is 18.4. The van der Waals surface area contributed by atoms with Crippen LogP contribution in [0.3, 0.4) is 0 Å². The average Bonchev–Trinajstić information content (AvgIpc) is 2.66. The number of nitrogens with one attached hydrogen (secondary N) is 4. The van der Waals surface area contributed by atoms with Crippen molar-refractivity contribution in [2.24, 2.45) is 0 Å². The lowest BCUT2D eigenvalue weighted by molar-refractivity contribution is 0.568. The number of hydrogen-bond donors (Lipinski definition) is 4. The van der Waals surface area contributed by atoms with Gasteiger partial charge in [-0.05, 0) is 43.2 Å². The summed E-state index contributed by atoms with van der Waals surface area (Å²) in [4.78, 5) is 27.5. The second kappa shape index (κ2) is 8.75. The van der Waals surface area contributed by atoms with Crippen molar-refractivity contribution < 1.29 is 16.8 Å².